The molecule has 0 spiro atoms. The Kier molecular flexibility index (Phi) is 3.64. The molecule has 0 saturated carbocycles. The summed E-state index contributed by atoms with van der Waals surface area (Å²) in [5.74, 6) is 0. The van der Waals surface area contributed by atoms with Crippen molar-refractivity contribution in [3.63, 3.8) is 0 Å². The molecule has 1 aromatic heterocycles. The van der Waals surface area contributed by atoms with Crippen molar-refractivity contribution in [1.82, 2.24) is 4.98 Å². The van der Waals surface area contributed by atoms with Crippen molar-refractivity contribution in [2.75, 3.05) is 7.11 Å². The Labute approximate surface area is 108 Å². The molecular formula is C15H20N2O. The van der Waals surface area contributed by atoms with E-state index in [1.165, 1.54) is 0 Å². The summed E-state index contributed by atoms with van der Waals surface area (Å²) in [7, 11) is 1.71. The molecule has 0 aliphatic carbocycles. The number of hydrogen-bond donors (Lipinski definition) is 1. The van der Waals surface area contributed by atoms with E-state index >= 15 is 0 Å². The predicted octanol–water partition coefficient (Wildman–Crippen LogP) is 3.05. The van der Waals surface area contributed by atoms with Crippen LogP contribution in [0.15, 0.2) is 36.7 Å². The number of methoxy groups -OCH3 is 1. The first kappa shape index (κ1) is 13.0. The van der Waals surface area contributed by atoms with E-state index in [-0.39, 0.29) is 11.6 Å². The average Bonchev–Trinajstić information content (AvgIpc) is 2.45. The van der Waals surface area contributed by atoms with Gasteiger partial charge in [0, 0.05) is 24.9 Å². The summed E-state index contributed by atoms with van der Waals surface area (Å²) in [6.45, 7) is 4.13. The zero-order valence-corrected chi connectivity index (χ0v) is 11.2. The molecule has 0 radical (unpaired) electrons. The number of benzene rings is 1. The fourth-order valence-electron chi connectivity index (χ4n) is 2.21. The number of nitrogens with two attached hydrogens (primary N) is 1. The van der Waals surface area contributed by atoms with E-state index in [9.17, 15) is 0 Å². The number of rotatable bonds is 4. The third kappa shape index (κ3) is 2.11. The van der Waals surface area contributed by atoms with Gasteiger partial charge in [-0.3, -0.25) is 4.98 Å². The number of aromatic nitrogens is 1. The molecule has 2 unspecified atom stereocenters. The molecule has 0 amide bonds. The smallest absolute Gasteiger partial charge is 0.0840 e. The lowest BCUT2D eigenvalue weighted by Gasteiger charge is -2.33. The van der Waals surface area contributed by atoms with E-state index in [1.807, 2.05) is 31.5 Å². The van der Waals surface area contributed by atoms with Crippen LogP contribution in [0, 0.1) is 0 Å². The Bertz CT molecular complexity index is 530. The van der Waals surface area contributed by atoms with Crippen molar-refractivity contribution in [2.45, 2.75) is 31.9 Å². The van der Waals surface area contributed by atoms with Gasteiger partial charge >= 0.3 is 0 Å². The molecule has 1 heterocycles. The molecular weight excluding hydrogens is 224 g/mol. The summed E-state index contributed by atoms with van der Waals surface area (Å²) in [6, 6.07) is 7.97. The number of pyridine rings is 1. The van der Waals surface area contributed by atoms with E-state index in [0.717, 1.165) is 22.8 Å². The Morgan fingerprint density at radius 2 is 2.06 bits per heavy atom. The lowest BCUT2D eigenvalue weighted by Crippen LogP contribution is -2.39. The highest BCUT2D eigenvalue weighted by Gasteiger charge is 2.31. The molecule has 96 valence electrons. The van der Waals surface area contributed by atoms with E-state index in [4.69, 9.17) is 10.5 Å². The summed E-state index contributed by atoms with van der Waals surface area (Å²) in [5, 5.41) is 2.26. The summed E-state index contributed by atoms with van der Waals surface area (Å²) in [4.78, 5) is 4.28. The summed E-state index contributed by atoms with van der Waals surface area (Å²) in [6.07, 6.45) is 4.56. The van der Waals surface area contributed by atoms with Crippen LogP contribution in [0.25, 0.3) is 10.8 Å². The number of ether oxygens (including phenoxy) is 1. The molecule has 18 heavy (non-hydrogen) atoms. The van der Waals surface area contributed by atoms with Crippen molar-refractivity contribution in [3.8, 4) is 0 Å². The van der Waals surface area contributed by atoms with Crippen LogP contribution in [-0.4, -0.2) is 17.7 Å². The zero-order chi connectivity index (χ0) is 13.2. The number of fused-ring (bicyclic) bond motifs is 1. The fourth-order valence-corrected chi connectivity index (χ4v) is 2.21. The van der Waals surface area contributed by atoms with Gasteiger partial charge < -0.3 is 10.5 Å². The Morgan fingerprint density at radius 3 is 2.72 bits per heavy atom. The van der Waals surface area contributed by atoms with Crippen molar-refractivity contribution in [2.24, 2.45) is 5.73 Å². The first-order valence-electron chi connectivity index (χ1n) is 6.25. The number of nitrogens with zero attached hydrogens (tertiary/aromatic N) is 1. The highest BCUT2D eigenvalue weighted by molar-refractivity contribution is 5.85. The average molecular weight is 244 g/mol. The molecule has 3 heteroatoms. The van der Waals surface area contributed by atoms with Gasteiger partial charge in [0.15, 0.2) is 0 Å². The third-order valence-corrected chi connectivity index (χ3v) is 3.86. The maximum atomic E-state index is 6.40. The first-order valence-corrected chi connectivity index (χ1v) is 6.25. The number of hydrogen-bond acceptors (Lipinski definition) is 3. The summed E-state index contributed by atoms with van der Waals surface area (Å²) in [5.41, 5.74) is 7.07. The van der Waals surface area contributed by atoms with E-state index < -0.39 is 0 Å². The van der Waals surface area contributed by atoms with Crippen LogP contribution in [0.1, 0.15) is 31.9 Å². The van der Waals surface area contributed by atoms with Gasteiger partial charge in [0.05, 0.1) is 11.6 Å². The molecule has 2 atom stereocenters. The normalized spacial score (nSPS) is 16.4. The predicted molar refractivity (Wildman–Crippen MR) is 74.4 cm³/mol. The van der Waals surface area contributed by atoms with E-state index in [2.05, 4.69) is 24.0 Å². The maximum absolute atomic E-state index is 6.40. The molecule has 2 rings (SSSR count). The highest BCUT2D eigenvalue weighted by atomic mass is 16.5. The first-order chi connectivity index (χ1) is 8.62. The second-order valence-electron chi connectivity index (χ2n) is 4.80. The molecule has 0 saturated heterocycles. The van der Waals surface area contributed by atoms with Crippen LogP contribution in [0.2, 0.25) is 0 Å². The third-order valence-electron chi connectivity index (χ3n) is 3.86. The minimum absolute atomic E-state index is 0.189. The monoisotopic (exact) mass is 244 g/mol. The SMILES string of the molecule is CCC(C)(OC)C(N)c1cncc2ccccc12. The van der Waals surface area contributed by atoms with Gasteiger partial charge in [-0.25, -0.2) is 0 Å². The van der Waals surface area contributed by atoms with Crippen LogP contribution in [0.4, 0.5) is 0 Å². The molecule has 2 aromatic rings. The van der Waals surface area contributed by atoms with Crippen LogP contribution >= 0.6 is 0 Å². The van der Waals surface area contributed by atoms with Gasteiger partial charge in [-0.1, -0.05) is 31.2 Å². The lowest BCUT2D eigenvalue weighted by molar-refractivity contribution is -0.0191. The second kappa shape index (κ2) is 5.04. The van der Waals surface area contributed by atoms with Crippen molar-refractivity contribution < 1.29 is 4.74 Å². The maximum Gasteiger partial charge on any atom is 0.0840 e. The van der Waals surface area contributed by atoms with Crippen molar-refractivity contribution in [3.05, 3.63) is 42.2 Å². The highest BCUT2D eigenvalue weighted by Crippen LogP contribution is 2.32. The van der Waals surface area contributed by atoms with Crippen LogP contribution in [0.3, 0.4) is 0 Å². The molecule has 0 aliphatic heterocycles. The lowest BCUT2D eigenvalue weighted by atomic mass is 9.87. The van der Waals surface area contributed by atoms with E-state index in [1.54, 1.807) is 7.11 Å². The molecule has 0 aliphatic rings. The van der Waals surface area contributed by atoms with Crippen LogP contribution in [-0.2, 0) is 4.74 Å². The molecule has 0 bridgehead atoms. The van der Waals surface area contributed by atoms with Gasteiger partial charge in [0.2, 0.25) is 0 Å². The Balaban J connectivity index is 2.54. The Hall–Kier alpha value is -1.45. The second-order valence-corrected chi connectivity index (χ2v) is 4.80. The molecule has 3 nitrogen and oxygen atoms in total. The quantitative estimate of drug-likeness (QED) is 0.899. The van der Waals surface area contributed by atoms with Gasteiger partial charge in [-0.15, -0.1) is 0 Å². The van der Waals surface area contributed by atoms with Gasteiger partial charge in [-0.05, 0) is 24.3 Å². The van der Waals surface area contributed by atoms with Gasteiger partial charge in [0.25, 0.3) is 0 Å². The largest absolute Gasteiger partial charge is 0.377 e. The van der Waals surface area contributed by atoms with Crippen LogP contribution < -0.4 is 5.73 Å². The zero-order valence-electron chi connectivity index (χ0n) is 11.2. The molecule has 2 N–H and O–H groups in total. The van der Waals surface area contributed by atoms with Crippen LogP contribution in [0.5, 0.6) is 0 Å². The minimum Gasteiger partial charge on any atom is -0.377 e. The van der Waals surface area contributed by atoms with E-state index in [0.29, 0.717) is 0 Å². The summed E-state index contributed by atoms with van der Waals surface area (Å²) >= 11 is 0. The Morgan fingerprint density at radius 1 is 1.33 bits per heavy atom. The van der Waals surface area contributed by atoms with Gasteiger partial charge in [0.1, 0.15) is 0 Å². The molecule has 0 fully saturated rings. The van der Waals surface area contributed by atoms with Gasteiger partial charge in [-0.2, -0.15) is 0 Å². The fraction of sp³-hybridized carbons (Fsp3) is 0.400. The standard InChI is InChI=1S/C15H20N2O/c1-4-15(2,18-3)14(16)13-10-17-9-11-7-5-6-8-12(11)13/h5-10,14H,4,16H2,1-3H3. The minimum atomic E-state index is -0.369. The molecule has 1 aromatic carbocycles. The van der Waals surface area contributed by atoms with Crippen molar-refractivity contribution in [1.29, 1.82) is 0 Å². The summed E-state index contributed by atoms with van der Waals surface area (Å²) < 4.78 is 5.60. The van der Waals surface area contributed by atoms with Crippen molar-refractivity contribution >= 4 is 10.8 Å². The topological polar surface area (TPSA) is 48.1 Å².